The van der Waals surface area contributed by atoms with Crippen molar-refractivity contribution in [1.29, 1.82) is 0 Å². The molecular formula is C14H16BrNO3. The summed E-state index contributed by atoms with van der Waals surface area (Å²) < 4.78 is 0.989. The molecule has 1 unspecified atom stereocenters. The molecule has 0 aliphatic carbocycles. The van der Waals surface area contributed by atoms with Crippen molar-refractivity contribution in [2.45, 2.75) is 13.3 Å². The Bertz CT molecular complexity index is 480. The molecule has 1 aliphatic rings. The quantitative estimate of drug-likeness (QED) is 0.923. The molecule has 4 nitrogen and oxygen atoms in total. The van der Waals surface area contributed by atoms with Crippen molar-refractivity contribution in [3.8, 4) is 0 Å². The third-order valence-corrected chi connectivity index (χ3v) is 4.16. The number of hydrogen-bond donors (Lipinski definition) is 1. The van der Waals surface area contributed by atoms with Gasteiger partial charge < -0.3 is 10.0 Å². The van der Waals surface area contributed by atoms with Crippen molar-refractivity contribution >= 4 is 27.8 Å². The molecule has 0 aromatic heterocycles. The maximum Gasteiger partial charge on any atom is 0.306 e. The molecule has 1 fully saturated rings. The number of hydrogen-bond acceptors (Lipinski definition) is 2. The lowest BCUT2D eigenvalue weighted by Gasteiger charge is -2.41. The summed E-state index contributed by atoms with van der Waals surface area (Å²) in [5.74, 6) is -1.01. The largest absolute Gasteiger partial charge is 0.481 e. The molecule has 1 saturated heterocycles. The van der Waals surface area contributed by atoms with E-state index in [2.05, 4.69) is 15.9 Å². The van der Waals surface area contributed by atoms with Gasteiger partial charge in [0, 0.05) is 23.5 Å². The Morgan fingerprint density at radius 2 is 1.95 bits per heavy atom. The van der Waals surface area contributed by atoms with Gasteiger partial charge in [0.1, 0.15) is 0 Å². The Hall–Kier alpha value is -1.36. The average molecular weight is 326 g/mol. The second-order valence-corrected chi connectivity index (χ2v) is 5.90. The third kappa shape index (κ3) is 3.35. The fourth-order valence-corrected chi connectivity index (χ4v) is 2.39. The first-order valence-electron chi connectivity index (χ1n) is 6.22. The highest BCUT2D eigenvalue weighted by atomic mass is 79.9. The molecule has 0 bridgehead atoms. The van der Waals surface area contributed by atoms with Crippen LogP contribution in [-0.4, -0.2) is 35.0 Å². The monoisotopic (exact) mass is 325 g/mol. The summed E-state index contributed by atoms with van der Waals surface area (Å²) >= 11 is 3.35. The lowest BCUT2D eigenvalue weighted by atomic mass is 9.87. The van der Waals surface area contributed by atoms with E-state index in [0.29, 0.717) is 19.5 Å². The van der Waals surface area contributed by atoms with Gasteiger partial charge in [0.15, 0.2) is 0 Å². The number of carboxylic acids is 1. The number of rotatable bonds is 4. The number of amides is 1. The second-order valence-electron chi connectivity index (χ2n) is 4.99. The van der Waals surface area contributed by atoms with E-state index < -0.39 is 5.97 Å². The number of carboxylic acid groups (broad SMARTS) is 1. The van der Waals surface area contributed by atoms with Gasteiger partial charge in [-0.25, -0.2) is 0 Å². The topological polar surface area (TPSA) is 57.6 Å². The van der Waals surface area contributed by atoms with Gasteiger partial charge in [0.25, 0.3) is 0 Å². The Labute approximate surface area is 120 Å². The minimum atomic E-state index is -0.787. The van der Waals surface area contributed by atoms with E-state index in [-0.39, 0.29) is 17.7 Å². The highest BCUT2D eigenvalue weighted by molar-refractivity contribution is 9.10. The Kier molecular flexibility index (Phi) is 4.24. The Balaban J connectivity index is 1.83. The van der Waals surface area contributed by atoms with Crippen molar-refractivity contribution in [1.82, 2.24) is 4.90 Å². The van der Waals surface area contributed by atoms with Crippen LogP contribution < -0.4 is 0 Å². The molecule has 102 valence electrons. The first-order chi connectivity index (χ1) is 8.97. The molecule has 5 heteroatoms. The number of benzene rings is 1. The van der Waals surface area contributed by atoms with Gasteiger partial charge in [-0.05, 0) is 17.7 Å². The smallest absolute Gasteiger partial charge is 0.306 e. The van der Waals surface area contributed by atoms with Gasteiger partial charge in [-0.1, -0.05) is 35.0 Å². The molecular weight excluding hydrogens is 310 g/mol. The van der Waals surface area contributed by atoms with Crippen LogP contribution in [0, 0.1) is 11.8 Å². The number of likely N-dealkylation sites (tertiary alicyclic amines) is 1. The predicted molar refractivity (Wildman–Crippen MR) is 74.7 cm³/mol. The minimum absolute atomic E-state index is 0.0659. The molecule has 19 heavy (non-hydrogen) atoms. The van der Waals surface area contributed by atoms with Crippen LogP contribution in [0.25, 0.3) is 0 Å². The molecule has 1 heterocycles. The highest BCUT2D eigenvalue weighted by Crippen LogP contribution is 2.24. The first kappa shape index (κ1) is 14.1. The Morgan fingerprint density at radius 1 is 1.37 bits per heavy atom. The Morgan fingerprint density at radius 3 is 2.47 bits per heavy atom. The van der Waals surface area contributed by atoms with Gasteiger partial charge in [-0.3, -0.25) is 9.59 Å². The predicted octanol–water partition coefficient (Wildman–Crippen LogP) is 2.17. The molecule has 0 radical (unpaired) electrons. The maximum absolute atomic E-state index is 12.0. The number of aliphatic carboxylic acids is 1. The van der Waals surface area contributed by atoms with Crippen molar-refractivity contribution < 1.29 is 14.7 Å². The van der Waals surface area contributed by atoms with E-state index in [0.717, 1.165) is 10.0 Å². The fraction of sp³-hybridized carbons (Fsp3) is 0.429. The average Bonchev–Trinajstić information content (AvgIpc) is 2.30. The lowest BCUT2D eigenvalue weighted by molar-refractivity contribution is -0.150. The van der Waals surface area contributed by atoms with Crippen molar-refractivity contribution in [2.24, 2.45) is 11.8 Å². The van der Waals surface area contributed by atoms with Gasteiger partial charge in [0.05, 0.1) is 12.3 Å². The molecule has 1 aromatic carbocycles. The van der Waals surface area contributed by atoms with Gasteiger partial charge in [0.2, 0.25) is 5.91 Å². The van der Waals surface area contributed by atoms with E-state index in [4.69, 9.17) is 5.11 Å². The second kappa shape index (κ2) is 5.74. The number of nitrogens with zero attached hydrogens (tertiary/aromatic N) is 1. The van der Waals surface area contributed by atoms with E-state index >= 15 is 0 Å². The van der Waals surface area contributed by atoms with E-state index in [1.807, 2.05) is 24.3 Å². The summed E-state index contributed by atoms with van der Waals surface area (Å²) in [6.45, 7) is 2.81. The van der Waals surface area contributed by atoms with Gasteiger partial charge in [-0.2, -0.15) is 0 Å². The molecule has 1 N–H and O–H groups in total. The number of carbonyl (C=O) groups excluding carboxylic acids is 1. The van der Waals surface area contributed by atoms with E-state index in [1.165, 1.54) is 0 Å². The standard InChI is InChI=1S/C14H16BrNO3/c1-9(14(18)19)11-7-16(8-11)13(17)6-10-2-4-12(15)5-3-10/h2-5,9,11H,6-8H2,1H3,(H,18,19). The normalized spacial score (nSPS) is 16.8. The van der Waals surface area contributed by atoms with Crippen molar-refractivity contribution in [2.75, 3.05) is 13.1 Å². The van der Waals surface area contributed by atoms with Gasteiger partial charge in [-0.15, -0.1) is 0 Å². The zero-order valence-corrected chi connectivity index (χ0v) is 12.3. The maximum atomic E-state index is 12.0. The highest BCUT2D eigenvalue weighted by Gasteiger charge is 2.36. The van der Waals surface area contributed by atoms with Crippen LogP contribution in [0.5, 0.6) is 0 Å². The summed E-state index contributed by atoms with van der Waals surface area (Å²) in [7, 11) is 0. The van der Waals surface area contributed by atoms with Crippen LogP contribution in [0.4, 0.5) is 0 Å². The van der Waals surface area contributed by atoms with Crippen molar-refractivity contribution in [3.63, 3.8) is 0 Å². The zero-order chi connectivity index (χ0) is 14.0. The van der Waals surface area contributed by atoms with Crippen LogP contribution >= 0.6 is 15.9 Å². The van der Waals surface area contributed by atoms with Crippen LogP contribution in [0.1, 0.15) is 12.5 Å². The van der Waals surface area contributed by atoms with Crippen LogP contribution in [0.3, 0.4) is 0 Å². The first-order valence-corrected chi connectivity index (χ1v) is 7.01. The zero-order valence-electron chi connectivity index (χ0n) is 10.7. The molecule has 2 rings (SSSR count). The summed E-state index contributed by atoms with van der Waals surface area (Å²) in [6.07, 6.45) is 0.376. The van der Waals surface area contributed by atoms with Crippen molar-refractivity contribution in [3.05, 3.63) is 34.3 Å². The van der Waals surface area contributed by atoms with Gasteiger partial charge >= 0.3 is 5.97 Å². The third-order valence-electron chi connectivity index (χ3n) is 3.63. The molecule has 1 aromatic rings. The van der Waals surface area contributed by atoms with Crippen LogP contribution in [0.2, 0.25) is 0 Å². The molecule has 1 aliphatic heterocycles. The molecule has 1 amide bonds. The van der Waals surface area contributed by atoms with E-state index in [9.17, 15) is 9.59 Å². The molecule has 1 atom stereocenters. The SMILES string of the molecule is CC(C(=O)O)C1CN(C(=O)Cc2ccc(Br)cc2)C1. The summed E-state index contributed by atoms with van der Waals surface area (Å²) in [5.41, 5.74) is 0.975. The lowest BCUT2D eigenvalue weighted by Crippen LogP contribution is -2.53. The number of halogens is 1. The minimum Gasteiger partial charge on any atom is -0.481 e. The summed E-state index contributed by atoms with van der Waals surface area (Å²) in [5, 5.41) is 8.90. The number of carbonyl (C=O) groups is 2. The summed E-state index contributed by atoms with van der Waals surface area (Å²) in [6, 6.07) is 7.65. The molecule has 0 saturated carbocycles. The van der Waals surface area contributed by atoms with E-state index in [1.54, 1.807) is 11.8 Å². The van der Waals surface area contributed by atoms with Crippen LogP contribution in [-0.2, 0) is 16.0 Å². The summed E-state index contributed by atoms with van der Waals surface area (Å²) in [4.78, 5) is 24.5. The van der Waals surface area contributed by atoms with Crippen LogP contribution in [0.15, 0.2) is 28.7 Å². The molecule has 0 spiro atoms. The fourth-order valence-electron chi connectivity index (χ4n) is 2.12.